The highest BCUT2D eigenvalue weighted by molar-refractivity contribution is 5.76. The van der Waals surface area contributed by atoms with Crippen LogP contribution in [0.1, 0.15) is 0 Å². The summed E-state index contributed by atoms with van der Waals surface area (Å²) in [6.07, 6.45) is 0. The molecule has 2 aromatic carbocycles. The number of nitrogens with zero attached hydrogens (tertiary/aromatic N) is 3. The zero-order valence-electron chi connectivity index (χ0n) is 9.14. The van der Waals surface area contributed by atoms with Crippen molar-refractivity contribution in [3.8, 4) is 5.69 Å². The van der Waals surface area contributed by atoms with Gasteiger partial charge in [-0.25, -0.2) is 13.5 Å². The molecule has 0 atom stereocenters. The number of hydrogen-bond acceptors (Lipinski definition) is 3. The molecule has 0 saturated heterocycles. The number of aromatic nitrogens is 3. The molecule has 3 aromatic rings. The lowest BCUT2D eigenvalue weighted by atomic mass is 10.2. The lowest BCUT2D eigenvalue weighted by molar-refractivity contribution is 0.560. The van der Waals surface area contributed by atoms with Crippen LogP contribution in [0.4, 0.5) is 14.5 Å². The van der Waals surface area contributed by atoms with E-state index >= 15 is 0 Å². The maximum absolute atomic E-state index is 13.8. The Morgan fingerprint density at radius 1 is 1.06 bits per heavy atom. The second kappa shape index (κ2) is 3.76. The average molecular weight is 246 g/mol. The minimum atomic E-state index is -0.775. The van der Waals surface area contributed by atoms with Gasteiger partial charge in [-0.15, -0.1) is 5.10 Å². The normalized spacial score (nSPS) is 11.0. The molecule has 0 aliphatic heterocycles. The highest BCUT2D eigenvalue weighted by atomic mass is 19.1. The smallest absolute Gasteiger partial charge is 0.154 e. The first-order valence-electron chi connectivity index (χ1n) is 5.22. The SMILES string of the molecule is Nc1cc(F)c(-n2nnc3ccccc32)c(F)c1. The lowest BCUT2D eigenvalue weighted by Gasteiger charge is -2.06. The van der Waals surface area contributed by atoms with Gasteiger partial charge in [0.05, 0.1) is 5.52 Å². The molecule has 1 heterocycles. The van der Waals surface area contributed by atoms with Crippen LogP contribution < -0.4 is 5.73 Å². The third-order valence-electron chi connectivity index (χ3n) is 2.60. The molecule has 0 amide bonds. The first-order valence-corrected chi connectivity index (χ1v) is 5.22. The summed E-state index contributed by atoms with van der Waals surface area (Å²) in [5, 5.41) is 7.61. The molecule has 90 valence electrons. The summed E-state index contributed by atoms with van der Waals surface area (Å²) >= 11 is 0. The van der Waals surface area contributed by atoms with Crippen LogP contribution in [-0.4, -0.2) is 15.0 Å². The number of rotatable bonds is 1. The van der Waals surface area contributed by atoms with Crippen LogP contribution >= 0.6 is 0 Å². The lowest BCUT2D eigenvalue weighted by Crippen LogP contribution is -2.04. The van der Waals surface area contributed by atoms with Gasteiger partial charge in [-0.3, -0.25) is 0 Å². The maximum atomic E-state index is 13.8. The molecular weight excluding hydrogens is 238 g/mol. The summed E-state index contributed by atoms with van der Waals surface area (Å²) in [6.45, 7) is 0. The van der Waals surface area contributed by atoms with Crippen LogP contribution in [0.25, 0.3) is 16.7 Å². The fourth-order valence-electron chi connectivity index (χ4n) is 1.82. The first kappa shape index (κ1) is 10.6. The molecule has 1 aromatic heterocycles. The average Bonchev–Trinajstić information content (AvgIpc) is 2.72. The van der Waals surface area contributed by atoms with E-state index in [1.165, 1.54) is 0 Å². The Kier molecular flexibility index (Phi) is 2.22. The number of hydrogen-bond donors (Lipinski definition) is 1. The number of fused-ring (bicyclic) bond motifs is 1. The summed E-state index contributed by atoms with van der Waals surface area (Å²) in [4.78, 5) is 0. The second-order valence-electron chi connectivity index (χ2n) is 3.82. The number of nitrogens with two attached hydrogens (primary N) is 1. The van der Waals surface area contributed by atoms with Gasteiger partial charge >= 0.3 is 0 Å². The van der Waals surface area contributed by atoms with E-state index in [4.69, 9.17) is 5.73 Å². The fourth-order valence-corrected chi connectivity index (χ4v) is 1.82. The Bertz CT molecular complexity index is 713. The molecule has 6 heteroatoms. The Morgan fingerprint density at radius 3 is 2.44 bits per heavy atom. The van der Waals surface area contributed by atoms with Crippen molar-refractivity contribution >= 4 is 16.7 Å². The van der Waals surface area contributed by atoms with Crippen LogP contribution in [0.5, 0.6) is 0 Å². The summed E-state index contributed by atoms with van der Waals surface area (Å²) in [5.74, 6) is -1.55. The van der Waals surface area contributed by atoms with Crippen LogP contribution in [0.2, 0.25) is 0 Å². The van der Waals surface area contributed by atoms with Crippen molar-refractivity contribution in [3.63, 3.8) is 0 Å². The van der Waals surface area contributed by atoms with Gasteiger partial charge in [-0.1, -0.05) is 17.3 Å². The summed E-state index contributed by atoms with van der Waals surface area (Å²) in [5.41, 5.74) is 6.21. The van der Waals surface area contributed by atoms with E-state index < -0.39 is 11.6 Å². The molecule has 3 rings (SSSR count). The zero-order chi connectivity index (χ0) is 12.7. The van der Waals surface area contributed by atoms with E-state index in [1.807, 2.05) is 0 Å². The Balaban J connectivity index is 2.33. The second-order valence-corrected chi connectivity index (χ2v) is 3.82. The molecule has 2 N–H and O–H groups in total. The van der Waals surface area contributed by atoms with Crippen molar-refractivity contribution in [2.75, 3.05) is 5.73 Å². The number of para-hydroxylation sites is 1. The molecule has 0 radical (unpaired) electrons. The van der Waals surface area contributed by atoms with E-state index in [1.54, 1.807) is 24.3 Å². The maximum Gasteiger partial charge on any atom is 0.154 e. The van der Waals surface area contributed by atoms with Gasteiger partial charge in [-0.05, 0) is 24.3 Å². The van der Waals surface area contributed by atoms with Crippen molar-refractivity contribution in [1.82, 2.24) is 15.0 Å². The van der Waals surface area contributed by atoms with E-state index in [0.717, 1.165) is 16.8 Å². The number of halogens is 2. The van der Waals surface area contributed by atoms with E-state index in [9.17, 15) is 8.78 Å². The van der Waals surface area contributed by atoms with Gasteiger partial charge in [-0.2, -0.15) is 0 Å². The van der Waals surface area contributed by atoms with E-state index in [2.05, 4.69) is 10.3 Å². The van der Waals surface area contributed by atoms with Gasteiger partial charge in [0, 0.05) is 5.69 Å². The minimum absolute atomic E-state index is 0.0261. The summed E-state index contributed by atoms with van der Waals surface area (Å²) < 4.78 is 28.7. The molecule has 0 aliphatic carbocycles. The van der Waals surface area contributed by atoms with Crippen molar-refractivity contribution in [3.05, 3.63) is 48.0 Å². The molecule has 0 bridgehead atoms. The van der Waals surface area contributed by atoms with Gasteiger partial charge in [0.15, 0.2) is 11.6 Å². The van der Waals surface area contributed by atoms with Crippen molar-refractivity contribution in [2.24, 2.45) is 0 Å². The van der Waals surface area contributed by atoms with Crippen LogP contribution in [0, 0.1) is 11.6 Å². The quantitative estimate of drug-likeness (QED) is 0.670. The minimum Gasteiger partial charge on any atom is -0.399 e. The van der Waals surface area contributed by atoms with Gasteiger partial charge in [0.2, 0.25) is 0 Å². The zero-order valence-corrected chi connectivity index (χ0v) is 9.14. The molecule has 0 spiro atoms. The van der Waals surface area contributed by atoms with Crippen molar-refractivity contribution in [2.45, 2.75) is 0 Å². The number of anilines is 1. The predicted octanol–water partition coefficient (Wildman–Crippen LogP) is 2.28. The fraction of sp³-hybridized carbons (Fsp3) is 0. The highest BCUT2D eigenvalue weighted by Gasteiger charge is 2.16. The molecule has 0 saturated carbocycles. The number of nitrogen functional groups attached to an aromatic ring is 1. The summed E-state index contributed by atoms with van der Waals surface area (Å²) in [7, 11) is 0. The predicted molar refractivity (Wildman–Crippen MR) is 63.2 cm³/mol. The largest absolute Gasteiger partial charge is 0.399 e. The van der Waals surface area contributed by atoms with Gasteiger partial charge in [0.1, 0.15) is 11.2 Å². The van der Waals surface area contributed by atoms with Crippen LogP contribution in [0.15, 0.2) is 36.4 Å². The third kappa shape index (κ3) is 1.50. The van der Waals surface area contributed by atoms with Gasteiger partial charge < -0.3 is 5.73 Å². The Labute approximate surface area is 101 Å². The van der Waals surface area contributed by atoms with Crippen LogP contribution in [-0.2, 0) is 0 Å². The van der Waals surface area contributed by atoms with Crippen LogP contribution in [0.3, 0.4) is 0 Å². The first-order chi connectivity index (χ1) is 8.66. The molecule has 18 heavy (non-hydrogen) atoms. The number of benzene rings is 2. The standard InChI is InChI=1S/C12H8F2N4/c13-8-5-7(15)6-9(14)12(8)18-11-4-2-1-3-10(11)16-17-18/h1-6H,15H2. The van der Waals surface area contributed by atoms with Gasteiger partial charge in [0.25, 0.3) is 0 Å². The summed E-state index contributed by atoms with van der Waals surface area (Å²) in [6, 6.07) is 9.02. The van der Waals surface area contributed by atoms with Crippen molar-refractivity contribution in [1.29, 1.82) is 0 Å². The Morgan fingerprint density at radius 2 is 1.72 bits per heavy atom. The monoisotopic (exact) mass is 246 g/mol. The molecular formula is C12H8F2N4. The molecule has 0 unspecified atom stereocenters. The van der Waals surface area contributed by atoms with E-state index in [-0.39, 0.29) is 11.4 Å². The Hall–Kier alpha value is -2.50. The topological polar surface area (TPSA) is 56.7 Å². The highest BCUT2D eigenvalue weighted by Crippen LogP contribution is 2.23. The van der Waals surface area contributed by atoms with E-state index in [0.29, 0.717) is 11.0 Å². The third-order valence-corrected chi connectivity index (χ3v) is 2.60. The molecule has 4 nitrogen and oxygen atoms in total. The molecule has 0 aliphatic rings. The van der Waals surface area contributed by atoms with Crippen molar-refractivity contribution < 1.29 is 8.78 Å². The molecule has 0 fully saturated rings.